The molecule has 0 amide bonds. The maximum absolute atomic E-state index is 9.52. The largest absolute Gasteiger partial charge is 0.393 e. The number of aliphatic hydroxyl groups excluding tert-OH is 1. The lowest BCUT2D eigenvalue weighted by Gasteiger charge is -2.51. The van der Waals surface area contributed by atoms with Crippen LogP contribution >= 0.6 is 0 Å². The first kappa shape index (κ1) is 10.4. The van der Waals surface area contributed by atoms with E-state index in [1.807, 2.05) is 0 Å². The Balaban J connectivity index is 1.92. The molecule has 2 heteroatoms. The summed E-state index contributed by atoms with van der Waals surface area (Å²) in [6.45, 7) is 4.73. The Morgan fingerprint density at radius 2 is 1.93 bits per heavy atom. The Labute approximate surface area is 87.3 Å². The van der Waals surface area contributed by atoms with Crippen LogP contribution < -0.4 is 0 Å². The van der Waals surface area contributed by atoms with E-state index in [0.717, 1.165) is 18.9 Å². The van der Waals surface area contributed by atoms with Crippen LogP contribution in [0.15, 0.2) is 0 Å². The topological polar surface area (TPSA) is 23.5 Å². The highest BCUT2D eigenvalue weighted by atomic mass is 16.3. The zero-order valence-electron chi connectivity index (χ0n) is 9.66. The van der Waals surface area contributed by atoms with E-state index in [0.29, 0.717) is 11.5 Å². The van der Waals surface area contributed by atoms with E-state index in [1.54, 1.807) is 0 Å². The molecule has 2 fully saturated rings. The van der Waals surface area contributed by atoms with Crippen molar-refractivity contribution in [3.63, 3.8) is 0 Å². The second-order valence-corrected chi connectivity index (χ2v) is 5.83. The molecule has 0 aliphatic heterocycles. The standard InChI is InChI=1S/C12H23NO/c1-12(2)7-6-11(12)13(3)9-4-5-10(14)8-9/h9-11,14H,4-8H2,1-3H3. The predicted octanol–water partition coefficient (Wildman–Crippen LogP) is 2.02. The highest BCUT2D eigenvalue weighted by molar-refractivity contribution is 4.97. The van der Waals surface area contributed by atoms with Crippen molar-refractivity contribution in [2.24, 2.45) is 5.41 Å². The second kappa shape index (κ2) is 3.49. The van der Waals surface area contributed by atoms with Crippen molar-refractivity contribution < 1.29 is 5.11 Å². The van der Waals surface area contributed by atoms with Gasteiger partial charge in [0.25, 0.3) is 0 Å². The van der Waals surface area contributed by atoms with Gasteiger partial charge in [-0.15, -0.1) is 0 Å². The minimum Gasteiger partial charge on any atom is -0.393 e. The first-order valence-electron chi connectivity index (χ1n) is 5.91. The fraction of sp³-hybridized carbons (Fsp3) is 1.00. The molecule has 0 spiro atoms. The van der Waals surface area contributed by atoms with Gasteiger partial charge in [-0.2, -0.15) is 0 Å². The third kappa shape index (κ3) is 1.70. The van der Waals surface area contributed by atoms with Gasteiger partial charge >= 0.3 is 0 Å². The zero-order chi connectivity index (χ0) is 10.3. The van der Waals surface area contributed by atoms with E-state index in [4.69, 9.17) is 0 Å². The third-order valence-corrected chi connectivity index (χ3v) is 4.41. The van der Waals surface area contributed by atoms with Crippen molar-refractivity contribution in [3.8, 4) is 0 Å². The average molecular weight is 197 g/mol. The fourth-order valence-electron chi connectivity index (χ4n) is 3.16. The molecule has 82 valence electrons. The van der Waals surface area contributed by atoms with E-state index in [9.17, 15) is 5.11 Å². The first-order chi connectivity index (χ1) is 6.50. The molecule has 0 aromatic carbocycles. The molecule has 3 atom stereocenters. The van der Waals surface area contributed by atoms with E-state index in [1.165, 1.54) is 19.3 Å². The molecular weight excluding hydrogens is 174 g/mol. The highest BCUT2D eigenvalue weighted by Crippen LogP contribution is 2.44. The Kier molecular flexibility index (Phi) is 2.61. The molecule has 0 heterocycles. The second-order valence-electron chi connectivity index (χ2n) is 5.83. The van der Waals surface area contributed by atoms with Gasteiger partial charge in [-0.1, -0.05) is 13.8 Å². The lowest BCUT2D eigenvalue weighted by Crippen LogP contribution is -2.53. The van der Waals surface area contributed by atoms with Gasteiger partial charge in [-0.25, -0.2) is 0 Å². The van der Waals surface area contributed by atoms with E-state index >= 15 is 0 Å². The van der Waals surface area contributed by atoms with Gasteiger partial charge < -0.3 is 5.11 Å². The smallest absolute Gasteiger partial charge is 0.0555 e. The van der Waals surface area contributed by atoms with Gasteiger partial charge in [-0.3, -0.25) is 4.90 Å². The maximum atomic E-state index is 9.52. The van der Waals surface area contributed by atoms with Crippen molar-refractivity contribution in [1.82, 2.24) is 4.90 Å². The summed E-state index contributed by atoms with van der Waals surface area (Å²) < 4.78 is 0. The normalized spacial score (nSPS) is 41.4. The molecular formula is C12H23NO. The maximum Gasteiger partial charge on any atom is 0.0555 e. The molecule has 3 unspecified atom stereocenters. The molecule has 0 bridgehead atoms. The minimum atomic E-state index is -0.0364. The number of rotatable bonds is 2. The monoisotopic (exact) mass is 197 g/mol. The molecule has 1 N–H and O–H groups in total. The Bertz CT molecular complexity index is 214. The summed E-state index contributed by atoms with van der Waals surface area (Å²) in [6.07, 6.45) is 5.84. The molecule has 2 saturated carbocycles. The molecule has 0 aromatic heterocycles. The molecule has 0 saturated heterocycles. The summed E-state index contributed by atoms with van der Waals surface area (Å²) in [5.74, 6) is 0. The third-order valence-electron chi connectivity index (χ3n) is 4.41. The lowest BCUT2D eigenvalue weighted by atomic mass is 9.66. The molecule has 14 heavy (non-hydrogen) atoms. The van der Waals surface area contributed by atoms with E-state index in [-0.39, 0.29) is 6.10 Å². The van der Waals surface area contributed by atoms with Gasteiger partial charge in [0.05, 0.1) is 6.10 Å². The Hall–Kier alpha value is -0.0800. The van der Waals surface area contributed by atoms with Crippen LogP contribution in [0.2, 0.25) is 0 Å². The van der Waals surface area contributed by atoms with Crippen LogP contribution in [0.3, 0.4) is 0 Å². The van der Waals surface area contributed by atoms with Crippen molar-refractivity contribution >= 4 is 0 Å². The van der Waals surface area contributed by atoms with Crippen molar-refractivity contribution in [3.05, 3.63) is 0 Å². The van der Waals surface area contributed by atoms with E-state index in [2.05, 4.69) is 25.8 Å². The van der Waals surface area contributed by atoms with Crippen molar-refractivity contribution in [2.75, 3.05) is 7.05 Å². The van der Waals surface area contributed by atoms with Gasteiger partial charge in [0.15, 0.2) is 0 Å². The number of nitrogens with zero attached hydrogens (tertiary/aromatic N) is 1. The lowest BCUT2D eigenvalue weighted by molar-refractivity contribution is -0.00972. The summed E-state index contributed by atoms with van der Waals surface area (Å²) in [4.78, 5) is 2.53. The quantitative estimate of drug-likeness (QED) is 0.732. The van der Waals surface area contributed by atoms with Crippen LogP contribution in [0.4, 0.5) is 0 Å². The number of hydrogen-bond donors (Lipinski definition) is 1. The summed E-state index contributed by atoms with van der Waals surface area (Å²) in [6, 6.07) is 1.38. The number of hydrogen-bond acceptors (Lipinski definition) is 2. The number of aliphatic hydroxyl groups is 1. The molecule has 2 nitrogen and oxygen atoms in total. The van der Waals surface area contributed by atoms with E-state index < -0.39 is 0 Å². The Morgan fingerprint density at radius 1 is 1.21 bits per heavy atom. The first-order valence-corrected chi connectivity index (χ1v) is 5.91. The summed E-state index contributed by atoms with van der Waals surface area (Å²) in [5.41, 5.74) is 0.502. The van der Waals surface area contributed by atoms with Crippen LogP contribution in [0, 0.1) is 5.41 Å². The molecule has 0 aromatic rings. The fourth-order valence-corrected chi connectivity index (χ4v) is 3.16. The van der Waals surface area contributed by atoms with Crippen molar-refractivity contribution in [2.45, 2.75) is 64.1 Å². The van der Waals surface area contributed by atoms with Crippen molar-refractivity contribution in [1.29, 1.82) is 0 Å². The summed E-state index contributed by atoms with van der Waals surface area (Å²) >= 11 is 0. The van der Waals surface area contributed by atoms with Gasteiger partial charge in [0.2, 0.25) is 0 Å². The van der Waals surface area contributed by atoms with Gasteiger partial charge in [-0.05, 0) is 44.6 Å². The van der Waals surface area contributed by atoms with Crippen LogP contribution in [0.25, 0.3) is 0 Å². The zero-order valence-corrected chi connectivity index (χ0v) is 9.66. The molecule has 2 rings (SSSR count). The highest BCUT2D eigenvalue weighted by Gasteiger charge is 2.43. The molecule has 2 aliphatic carbocycles. The predicted molar refractivity (Wildman–Crippen MR) is 58.2 cm³/mol. The molecule has 2 aliphatic rings. The average Bonchev–Trinajstić information content (AvgIpc) is 2.50. The summed E-state index contributed by atoms with van der Waals surface area (Å²) in [7, 11) is 2.24. The van der Waals surface area contributed by atoms with Crippen LogP contribution in [-0.2, 0) is 0 Å². The SMILES string of the molecule is CN(C1CCC(O)C1)C1CCC1(C)C. The van der Waals surface area contributed by atoms with Crippen LogP contribution in [-0.4, -0.2) is 35.2 Å². The van der Waals surface area contributed by atoms with Crippen LogP contribution in [0.5, 0.6) is 0 Å². The minimum absolute atomic E-state index is 0.0364. The molecule has 0 radical (unpaired) electrons. The van der Waals surface area contributed by atoms with Crippen LogP contribution in [0.1, 0.15) is 46.0 Å². The van der Waals surface area contributed by atoms with Gasteiger partial charge in [0.1, 0.15) is 0 Å². The summed E-state index contributed by atoms with van der Waals surface area (Å²) in [5, 5.41) is 9.52. The Morgan fingerprint density at radius 3 is 2.29 bits per heavy atom. The van der Waals surface area contributed by atoms with Gasteiger partial charge in [0, 0.05) is 12.1 Å².